The molecule has 4 nitrogen and oxygen atoms in total. The molecule has 0 aromatic heterocycles. The fraction of sp³-hybridized carbons (Fsp3) is 0.400. The predicted octanol–water partition coefficient (Wildman–Crippen LogP) is 3.97. The minimum absolute atomic E-state index is 0.268. The molecule has 4 N–H and O–H groups in total. The Labute approximate surface area is 144 Å². The summed E-state index contributed by atoms with van der Waals surface area (Å²) in [6, 6.07) is 17.0. The molecule has 2 aromatic rings. The van der Waals surface area contributed by atoms with Crippen LogP contribution in [0.1, 0.15) is 49.9 Å². The highest BCUT2D eigenvalue weighted by molar-refractivity contribution is 5.42. The van der Waals surface area contributed by atoms with Crippen LogP contribution in [0.4, 0.5) is 5.69 Å². The Morgan fingerprint density at radius 2 is 1.71 bits per heavy atom. The molecule has 1 heterocycles. The lowest BCUT2D eigenvalue weighted by Gasteiger charge is -2.13. The first-order valence-electron chi connectivity index (χ1n) is 8.71. The molecule has 1 saturated heterocycles. The van der Waals surface area contributed by atoms with E-state index in [0.717, 1.165) is 30.9 Å². The maximum absolute atomic E-state index is 5.89. The van der Waals surface area contributed by atoms with E-state index in [1.54, 1.807) is 0 Å². The average molecular weight is 325 g/mol. The van der Waals surface area contributed by atoms with Crippen LogP contribution in [0.15, 0.2) is 48.5 Å². The van der Waals surface area contributed by atoms with Crippen LogP contribution in [0.25, 0.3) is 0 Å². The Hall–Kier alpha value is -2.04. The maximum Gasteiger partial charge on any atom is 0.119 e. The standard InChI is InChI=1S/C20H27N3O/c1-14(2)9-10-24-18-8-4-6-16(12-18)20-13-19(22-23-20)15-5-3-7-17(21)11-15/h3-8,11-12,14,19-20,22-23H,9-10,13,21H2,1-2H3. The summed E-state index contributed by atoms with van der Waals surface area (Å²) < 4.78 is 5.88. The summed E-state index contributed by atoms with van der Waals surface area (Å²) in [5.74, 6) is 1.61. The topological polar surface area (TPSA) is 59.3 Å². The van der Waals surface area contributed by atoms with Gasteiger partial charge in [0.15, 0.2) is 0 Å². The van der Waals surface area contributed by atoms with Gasteiger partial charge in [-0.25, -0.2) is 10.9 Å². The van der Waals surface area contributed by atoms with Crippen molar-refractivity contribution in [2.24, 2.45) is 5.92 Å². The summed E-state index contributed by atoms with van der Waals surface area (Å²) in [6.45, 7) is 5.19. The van der Waals surface area contributed by atoms with Crippen LogP contribution in [0.2, 0.25) is 0 Å². The van der Waals surface area contributed by atoms with Crippen LogP contribution < -0.4 is 21.3 Å². The molecule has 3 rings (SSSR count). The zero-order valence-electron chi connectivity index (χ0n) is 14.5. The van der Waals surface area contributed by atoms with Gasteiger partial charge in [0.1, 0.15) is 5.75 Å². The predicted molar refractivity (Wildman–Crippen MR) is 98.6 cm³/mol. The molecule has 1 aliphatic heterocycles. The van der Waals surface area contributed by atoms with Gasteiger partial charge in [-0.1, -0.05) is 38.1 Å². The van der Waals surface area contributed by atoms with Gasteiger partial charge in [0, 0.05) is 17.8 Å². The molecule has 0 spiro atoms. The van der Waals surface area contributed by atoms with E-state index >= 15 is 0 Å². The third-order valence-electron chi connectivity index (χ3n) is 4.44. The molecule has 2 atom stereocenters. The van der Waals surface area contributed by atoms with Crippen molar-refractivity contribution < 1.29 is 4.74 Å². The summed E-state index contributed by atoms with van der Waals surface area (Å²) in [6.07, 6.45) is 2.06. The van der Waals surface area contributed by atoms with E-state index in [1.807, 2.05) is 24.3 Å². The number of rotatable bonds is 6. The number of hydrazine groups is 1. The molecule has 0 saturated carbocycles. The van der Waals surface area contributed by atoms with E-state index < -0.39 is 0 Å². The molecule has 2 unspecified atom stereocenters. The number of nitrogens with two attached hydrogens (primary N) is 1. The van der Waals surface area contributed by atoms with Crippen molar-refractivity contribution in [1.82, 2.24) is 10.9 Å². The van der Waals surface area contributed by atoms with Gasteiger partial charge in [-0.15, -0.1) is 0 Å². The normalized spacial score (nSPS) is 20.5. The van der Waals surface area contributed by atoms with Crippen LogP contribution in [-0.2, 0) is 0 Å². The average Bonchev–Trinajstić information content (AvgIpc) is 3.05. The molecule has 0 aliphatic carbocycles. The Kier molecular flexibility index (Phi) is 5.38. The summed E-state index contributed by atoms with van der Waals surface area (Å²) in [5, 5.41) is 0. The van der Waals surface area contributed by atoms with Crippen LogP contribution in [0.5, 0.6) is 5.75 Å². The lowest BCUT2D eigenvalue weighted by Crippen LogP contribution is -2.26. The summed E-state index contributed by atoms with van der Waals surface area (Å²) in [7, 11) is 0. The number of hydrogen-bond donors (Lipinski definition) is 3. The van der Waals surface area contributed by atoms with Crippen LogP contribution in [0.3, 0.4) is 0 Å². The summed E-state index contributed by atoms with van der Waals surface area (Å²) in [4.78, 5) is 0. The number of nitrogen functional groups attached to an aromatic ring is 1. The molecular weight excluding hydrogens is 298 g/mol. The first kappa shape index (κ1) is 16.8. The first-order chi connectivity index (χ1) is 11.6. The molecule has 0 amide bonds. The second kappa shape index (κ2) is 7.69. The second-order valence-electron chi connectivity index (χ2n) is 6.90. The molecule has 4 heteroatoms. The smallest absolute Gasteiger partial charge is 0.119 e. The Bertz CT molecular complexity index is 671. The first-order valence-corrected chi connectivity index (χ1v) is 8.71. The lowest BCUT2D eigenvalue weighted by atomic mass is 9.97. The SMILES string of the molecule is CC(C)CCOc1cccc(C2CC(c3cccc(N)c3)NN2)c1. The van der Waals surface area contributed by atoms with Gasteiger partial charge in [-0.2, -0.15) is 0 Å². The van der Waals surface area contributed by atoms with E-state index in [0.29, 0.717) is 5.92 Å². The largest absolute Gasteiger partial charge is 0.494 e. The van der Waals surface area contributed by atoms with Crippen molar-refractivity contribution >= 4 is 5.69 Å². The Balaban J connectivity index is 1.63. The van der Waals surface area contributed by atoms with E-state index in [9.17, 15) is 0 Å². The van der Waals surface area contributed by atoms with Crippen molar-refractivity contribution in [3.63, 3.8) is 0 Å². The Morgan fingerprint density at radius 3 is 2.38 bits per heavy atom. The summed E-state index contributed by atoms with van der Waals surface area (Å²) >= 11 is 0. The van der Waals surface area contributed by atoms with Crippen molar-refractivity contribution in [1.29, 1.82) is 0 Å². The van der Waals surface area contributed by atoms with E-state index in [2.05, 4.69) is 49.0 Å². The number of ether oxygens (including phenoxy) is 1. The Morgan fingerprint density at radius 1 is 1.04 bits per heavy atom. The third-order valence-corrected chi connectivity index (χ3v) is 4.44. The molecule has 2 aromatic carbocycles. The highest BCUT2D eigenvalue weighted by Gasteiger charge is 2.26. The second-order valence-corrected chi connectivity index (χ2v) is 6.90. The molecule has 1 aliphatic rings. The van der Waals surface area contributed by atoms with Crippen molar-refractivity contribution in [3.05, 3.63) is 59.7 Å². The van der Waals surface area contributed by atoms with Gasteiger partial charge < -0.3 is 10.5 Å². The van der Waals surface area contributed by atoms with Crippen molar-refractivity contribution in [2.45, 2.75) is 38.8 Å². The highest BCUT2D eigenvalue weighted by Crippen LogP contribution is 2.32. The lowest BCUT2D eigenvalue weighted by molar-refractivity contribution is 0.289. The monoisotopic (exact) mass is 325 g/mol. The third kappa shape index (κ3) is 4.28. The van der Waals surface area contributed by atoms with Crippen molar-refractivity contribution in [3.8, 4) is 5.75 Å². The molecule has 128 valence electrons. The van der Waals surface area contributed by atoms with Crippen LogP contribution in [-0.4, -0.2) is 6.61 Å². The number of benzene rings is 2. The van der Waals surface area contributed by atoms with Gasteiger partial charge in [-0.3, -0.25) is 0 Å². The molecular formula is C20H27N3O. The minimum atomic E-state index is 0.268. The highest BCUT2D eigenvalue weighted by atomic mass is 16.5. The fourth-order valence-corrected chi connectivity index (χ4v) is 3.00. The minimum Gasteiger partial charge on any atom is -0.494 e. The van der Waals surface area contributed by atoms with Gasteiger partial charge in [-0.05, 0) is 54.2 Å². The van der Waals surface area contributed by atoms with Gasteiger partial charge in [0.2, 0.25) is 0 Å². The van der Waals surface area contributed by atoms with Gasteiger partial charge in [0.05, 0.1) is 6.61 Å². The summed E-state index contributed by atoms with van der Waals surface area (Å²) in [5.41, 5.74) is 15.9. The number of nitrogens with one attached hydrogen (secondary N) is 2. The molecule has 0 radical (unpaired) electrons. The van der Waals surface area contributed by atoms with Crippen LogP contribution >= 0.6 is 0 Å². The fourth-order valence-electron chi connectivity index (χ4n) is 3.00. The zero-order chi connectivity index (χ0) is 16.9. The molecule has 24 heavy (non-hydrogen) atoms. The van der Waals surface area contributed by atoms with Crippen molar-refractivity contribution in [2.75, 3.05) is 12.3 Å². The number of hydrogen-bond acceptors (Lipinski definition) is 4. The zero-order valence-corrected chi connectivity index (χ0v) is 14.5. The van der Waals surface area contributed by atoms with Gasteiger partial charge >= 0.3 is 0 Å². The van der Waals surface area contributed by atoms with E-state index in [-0.39, 0.29) is 12.1 Å². The molecule has 1 fully saturated rings. The van der Waals surface area contributed by atoms with E-state index in [1.165, 1.54) is 11.1 Å². The van der Waals surface area contributed by atoms with E-state index in [4.69, 9.17) is 10.5 Å². The molecule has 0 bridgehead atoms. The van der Waals surface area contributed by atoms with Crippen LogP contribution in [0, 0.1) is 5.92 Å². The maximum atomic E-state index is 5.89. The number of anilines is 1. The quantitative estimate of drug-likeness (QED) is 0.703. The van der Waals surface area contributed by atoms with Gasteiger partial charge in [0.25, 0.3) is 0 Å².